The number of aromatic nitrogens is 3. The second-order valence-electron chi connectivity index (χ2n) is 5.00. The summed E-state index contributed by atoms with van der Waals surface area (Å²) in [6.07, 6.45) is 4.53. The quantitative estimate of drug-likeness (QED) is 0.764. The highest BCUT2D eigenvalue weighted by Gasteiger charge is 2.05. The van der Waals surface area contributed by atoms with Crippen LogP contribution in [-0.2, 0) is 11.3 Å². The van der Waals surface area contributed by atoms with Crippen molar-refractivity contribution in [1.82, 2.24) is 20.3 Å². The molecule has 112 valence electrons. The van der Waals surface area contributed by atoms with Crippen LogP contribution in [0.25, 0.3) is 0 Å². The van der Waals surface area contributed by atoms with E-state index < -0.39 is 0 Å². The lowest BCUT2D eigenvalue weighted by Crippen LogP contribution is -2.21. The van der Waals surface area contributed by atoms with Crippen LogP contribution in [0.1, 0.15) is 31.9 Å². The molecule has 2 N–H and O–H groups in total. The SMILES string of the molecule is CC(=O)Nc1cccc(C(C)NCCCn2ccnn2)c1. The number of rotatable bonds is 7. The van der Waals surface area contributed by atoms with Crippen LogP contribution >= 0.6 is 0 Å². The van der Waals surface area contributed by atoms with E-state index in [0.717, 1.165) is 30.8 Å². The maximum absolute atomic E-state index is 11.1. The highest BCUT2D eigenvalue weighted by atomic mass is 16.1. The van der Waals surface area contributed by atoms with Crippen LogP contribution in [0.3, 0.4) is 0 Å². The Morgan fingerprint density at radius 3 is 3.00 bits per heavy atom. The molecule has 1 unspecified atom stereocenters. The van der Waals surface area contributed by atoms with E-state index in [1.165, 1.54) is 6.92 Å². The molecule has 0 fully saturated rings. The molecule has 2 rings (SSSR count). The molecule has 21 heavy (non-hydrogen) atoms. The summed E-state index contributed by atoms with van der Waals surface area (Å²) < 4.78 is 1.82. The Morgan fingerprint density at radius 2 is 2.29 bits per heavy atom. The van der Waals surface area contributed by atoms with Crippen molar-refractivity contribution >= 4 is 11.6 Å². The molecule has 1 atom stereocenters. The molecule has 0 bridgehead atoms. The Morgan fingerprint density at radius 1 is 1.43 bits per heavy atom. The molecule has 2 aromatic rings. The van der Waals surface area contributed by atoms with Crippen molar-refractivity contribution in [2.45, 2.75) is 32.9 Å². The molecular formula is C15H21N5O. The number of carbonyl (C=O) groups excluding carboxylic acids is 1. The molecule has 6 heteroatoms. The van der Waals surface area contributed by atoms with Gasteiger partial charge in [-0.3, -0.25) is 9.48 Å². The van der Waals surface area contributed by atoms with E-state index in [2.05, 4.69) is 33.9 Å². The summed E-state index contributed by atoms with van der Waals surface area (Å²) in [4.78, 5) is 11.1. The van der Waals surface area contributed by atoms with E-state index in [1.54, 1.807) is 6.20 Å². The van der Waals surface area contributed by atoms with Gasteiger partial charge in [0, 0.05) is 31.4 Å². The van der Waals surface area contributed by atoms with Gasteiger partial charge in [-0.1, -0.05) is 17.3 Å². The second kappa shape index (κ2) is 7.54. The van der Waals surface area contributed by atoms with Crippen LogP contribution in [0.2, 0.25) is 0 Å². The topological polar surface area (TPSA) is 71.8 Å². The lowest BCUT2D eigenvalue weighted by molar-refractivity contribution is -0.114. The second-order valence-corrected chi connectivity index (χ2v) is 5.00. The molecule has 1 aromatic carbocycles. The molecule has 1 heterocycles. The largest absolute Gasteiger partial charge is 0.326 e. The van der Waals surface area contributed by atoms with Crippen molar-refractivity contribution in [2.24, 2.45) is 0 Å². The van der Waals surface area contributed by atoms with Crippen molar-refractivity contribution in [2.75, 3.05) is 11.9 Å². The summed E-state index contributed by atoms with van der Waals surface area (Å²) in [7, 11) is 0. The van der Waals surface area contributed by atoms with Gasteiger partial charge in [0.2, 0.25) is 5.91 Å². The summed E-state index contributed by atoms with van der Waals surface area (Å²) in [5.41, 5.74) is 1.98. The first kappa shape index (κ1) is 15.2. The fourth-order valence-electron chi connectivity index (χ4n) is 2.12. The third-order valence-electron chi connectivity index (χ3n) is 3.19. The smallest absolute Gasteiger partial charge is 0.221 e. The minimum Gasteiger partial charge on any atom is -0.326 e. The van der Waals surface area contributed by atoms with Gasteiger partial charge in [0.1, 0.15) is 0 Å². The number of nitrogens with zero attached hydrogens (tertiary/aromatic N) is 3. The summed E-state index contributed by atoms with van der Waals surface area (Å²) >= 11 is 0. The van der Waals surface area contributed by atoms with Crippen LogP contribution in [-0.4, -0.2) is 27.4 Å². The molecule has 0 aliphatic heterocycles. The predicted molar refractivity (Wildman–Crippen MR) is 81.8 cm³/mol. The fourth-order valence-corrected chi connectivity index (χ4v) is 2.12. The maximum Gasteiger partial charge on any atom is 0.221 e. The monoisotopic (exact) mass is 287 g/mol. The predicted octanol–water partition coefficient (Wildman–Crippen LogP) is 1.98. The van der Waals surface area contributed by atoms with Gasteiger partial charge >= 0.3 is 0 Å². The zero-order valence-corrected chi connectivity index (χ0v) is 12.4. The van der Waals surface area contributed by atoms with Gasteiger partial charge in [0.25, 0.3) is 0 Å². The van der Waals surface area contributed by atoms with Crippen LogP contribution in [0.5, 0.6) is 0 Å². The van der Waals surface area contributed by atoms with Gasteiger partial charge in [0.05, 0.1) is 6.20 Å². The standard InChI is InChI=1S/C15H21N5O/c1-12(16-7-4-9-20-10-8-17-19-20)14-5-3-6-15(11-14)18-13(2)21/h3,5-6,8,10-12,16H,4,7,9H2,1-2H3,(H,18,21). The van der Waals surface area contributed by atoms with Crippen molar-refractivity contribution in [1.29, 1.82) is 0 Å². The van der Waals surface area contributed by atoms with Crippen molar-refractivity contribution in [3.63, 3.8) is 0 Å². The van der Waals surface area contributed by atoms with Crippen LogP contribution < -0.4 is 10.6 Å². The molecule has 0 aliphatic carbocycles. The zero-order chi connectivity index (χ0) is 15.1. The van der Waals surface area contributed by atoms with E-state index >= 15 is 0 Å². The zero-order valence-electron chi connectivity index (χ0n) is 12.4. The van der Waals surface area contributed by atoms with E-state index in [0.29, 0.717) is 0 Å². The average Bonchev–Trinajstić information content (AvgIpc) is 2.96. The Balaban J connectivity index is 1.79. The number of carbonyl (C=O) groups is 1. The number of nitrogens with one attached hydrogen (secondary N) is 2. The third-order valence-corrected chi connectivity index (χ3v) is 3.19. The van der Waals surface area contributed by atoms with Gasteiger partial charge in [0.15, 0.2) is 0 Å². The highest BCUT2D eigenvalue weighted by Crippen LogP contribution is 2.17. The number of benzene rings is 1. The van der Waals surface area contributed by atoms with E-state index in [-0.39, 0.29) is 11.9 Å². The minimum atomic E-state index is -0.0550. The molecule has 0 saturated carbocycles. The van der Waals surface area contributed by atoms with Gasteiger partial charge < -0.3 is 10.6 Å². The number of amides is 1. The van der Waals surface area contributed by atoms with E-state index in [4.69, 9.17) is 0 Å². The molecule has 0 spiro atoms. The Kier molecular flexibility index (Phi) is 5.45. The average molecular weight is 287 g/mol. The molecule has 0 radical (unpaired) electrons. The molecule has 6 nitrogen and oxygen atoms in total. The van der Waals surface area contributed by atoms with Crippen molar-refractivity contribution in [3.8, 4) is 0 Å². The van der Waals surface area contributed by atoms with E-state index in [9.17, 15) is 4.79 Å². The first-order valence-corrected chi connectivity index (χ1v) is 7.10. The number of aryl methyl sites for hydroxylation is 1. The van der Waals surface area contributed by atoms with Gasteiger partial charge in [-0.2, -0.15) is 0 Å². The summed E-state index contributed by atoms with van der Waals surface area (Å²) in [6, 6.07) is 8.13. The molecule has 0 aliphatic rings. The minimum absolute atomic E-state index is 0.0550. The molecule has 1 amide bonds. The number of hydrogen-bond acceptors (Lipinski definition) is 4. The van der Waals surface area contributed by atoms with Crippen LogP contribution in [0.15, 0.2) is 36.7 Å². The summed E-state index contributed by atoms with van der Waals surface area (Å²) in [5, 5.41) is 14.0. The first-order chi connectivity index (χ1) is 10.1. The fraction of sp³-hybridized carbons (Fsp3) is 0.400. The van der Waals surface area contributed by atoms with E-state index in [1.807, 2.05) is 29.1 Å². The van der Waals surface area contributed by atoms with Crippen LogP contribution in [0.4, 0.5) is 5.69 Å². The normalized spacial score (nSPS) is 12.1. The summed E-state index contributed by atoms with van der Waals surface area (Å²) in [6.45, 7) is 5.37. The first-order valence-electron chi connectivity index (χ1n) is 7.10. The van der Waals surface area contributed by atoms with Crippen molar-refractivity contribution < 1.29 is 4.79 Å². The lowest BCUT2D eigenvalue weighted by atomic mass is 10.1. The maximum atomic E-state index is 11.1. The van der Waals surface area contributed by atoms with Gasteiger partial charge in [-0.15, -0.1) is 5.10 Å². The Hall–Kier alpha value is -2.21. The number of anilines is 1. The Labute approximate surface area is 124 Å². The summed E-state index contributed by atoms with van der Waals surface area (Å²) in [5.74, 6) is -0.0550. The van der Waals surface area contributed by atoms with Gasteiger partial charge in [-0.25, -0.2) is 0 Å². The van der Waals surface area contributed by atoms with Crippen molar-refractivity contribution in [3.05, 3.63) is 42.2 Å². The highest BCUT2D eigenvalue weighted by molar-refractivity contribution is 5.88. The third kappa shape index (κ3) is 5.00. The number of hydrogen-bond donors (Lipinski definition) is 2. The molecule has 0 saturated heterocycles. The molecule has 1 aromatic heterocycles. The lowest BCUT2D eigenvalue weighted by Gasteiger charge is -2.15. The Bertz CT molecular complexity index is 567. The van der Waals surface area contributed by atoms with Gasteiger partial charge in [-0.05, 0) is 37.6 Å². The van der Waals surface area contributed by atoms with Crippen LogP contribution in [0, 0.1) is 0 Å². The molecular weight excluding hydrogens is 266 g/mol.